The molecule has 2 aliphatic rings. The molecule has 2 heterocycles. The zero-order valence-corrected chi connectivity index (χ0v) is 8.70. The van der Waals surface area contributed by atoms with Crippen molar-refractivity contribution < 1.29 is 14.2 Å². The molecule has 2 rings (SSSR count). The van der Waals surface area contributed by atoms with E-state index in [9.17, 15) is 0 Å². The lowest BCUT2D eigenvalue weighted by Gasteiger charge is -2.29. The second-order valence-electron chi connectivity index (χ2n) is 4.15. The second kappa shape index (κ2) is 4.14. The fourth-order valence-electron chi connectivity index (χ4n) is 2.15. The highest BCUT2D eigenvalue weighted by molar-refractivity contribution is 4.85. The Morgan fingerprint density at radius 3 is 3.00 bits per heavy atom. The number of hydrogen-bond donors (Lipinski definition) is 1. The van der Waals surface area contributed by atoms with E-state index in [-0.39, 0.29) is 12.2 Å². The Morgan fingerprint density at radius 2 is 2.36 bits per heavy atom. The Labute approximate surface area is 84.7 Å². The molecule has 0 amide bonds. The molecule has 2 saturated heterocycles. The van der Waals surface area contributed by atoms with Gasteiger partial charge in [-0.2, -0.15) is 0 Å². The van der Waals surface area contributed by atoms with Crippen molar-refractivity contribution in [3.63, 3.8) is 0 Å². The highest BCUT2D eigenvalue weighted by Crippen LogP contribution is 2.34. The molecule has 4 nitrogen and oxygen atoms in total. The smallest absolute Gasteiger partial charge is 0.192 e. The van der Waals surface area contributed by atoms with E-state index in [2.05, 4.69) is 0 Å². The topological polar surface area (TPSA) is 53.7 Å². The molecule has 3 atom stereocenters. The SMILES string of the molecule is CC1(C2CCCO2)OCC(CCN)O1. The second-order valence-corrected chi connectivity index (χ2v) is 4.15. The van der Waals surface area contributed by atoms with Gasteiger partial charge in [0.15, 0.2) is 5.79 Å². The standard InChI is InChI=1S/C10H19NO3/c1-10(9-3-2-6-12-9)13-7-8(14-10)4-5-11/h8-9H,2-7,11H2,1H3. The third-order valence-corrected chi connectivity index (χ3v) is 2.96. The van der Waals surface area contributed by atoms with E-state index in [0.717, 1.165) is 25.9 Å². The quantitative estimate of drug-likeness (QED) is 0.728. The van der Waals surface area contributed by atoms with Crippen LogP contribution in [0.3, 0.4) is 0 Å². The molecule has 3 unspecified atom stereocenters. The first-order valence-corrected chi connectivity index (χ1v) is 5.38. The summed E-state index contributed by atoms with van der Waals surface area (Å²) in [5.74, 6) is -0.531. The summed E-state index contributed by atoms with van der Waals surface area (Å²) in [4.78, 5) is 0. The van der Waals surface area contributed by atoms with Gasteiger partial charge in [0.25, 0.3) is 0 Å². The van der Waals surface area contributed by atoms with Crippen molar-refractivity contribution in [1.82, 2.24) is 0 Å². The molecular formula is C10H19NO3. The van der Waals surface area contributed by atoms with E-state index in [4.69, 9.17) is 19.9 Å². The van der Waals surface area contributed by atoms with Gasteiger partial charge in [0, 0.05) is 6.61 Å². The minimum Gasteiger partial charge on any atom is -0.373 e. The Hall–Kier alpha value is -0.160. The maximum atomic E-state index is 5.85. The third kappa shape index (κ3) is 1.93. The van der Waals surface area contributed by atoms with Crippen molar-refractivity contribution in [1.29, 1.82) is 0 Å². The zero-order valence-electron chi connectivity index (χ0n) is 8.70. The summed E-state index contributed by atoms with van der Waals surface area (Å²) in [6.07, 6.45) is 3.25. The normalized spacial score (nSPS) is 43.3. The van der Waals surface area contributed by atoms with Crippen LogP contribution in [0.1, 0.15) is 26.2 Å². The van der Waals surface area contributed by atoms with Gasteiger partial charge in [-0.15, -0.1) is 0 Å². The van der Waals surface area contributed by atoms with Gasteiger partial charge in [-0.1, -0.05) is 0 Å². The number of ether oxygens (including phenoxy) is 3. The fourth-order valence-corrected chi connectivity index (χ4v) is 2.15. The molecule has 82 valence electrons. The van der Waals surface area contributed by atoms with Crippen LogP contribution in [0.4, 0.5) is 0 Å². The van der Waals surface area contributed by atoms with E-state index in [1.807, 2.05) is 6.92 Å². The lowest BCUT2D eigenvalue weighted by atomic mass is 10.1. The van der Waals surface area contributed by atoms with Gasteiger partial charge in [-0.05, 0) is 32.7 Å². The number of rotatable bonds is 3. The number of nitrogens with two attached hydrogens (primary N) is 1. The molecule has 0 radical (unpaired) electrons. The van der Waals surface area contributed by atoms with Crippen LogP contribution in [0.15, 0.2) is 0 Å². The average molecular weight is 201 g/mol. The number of hydrogen-bond acceptors (Lipinski definition) is 4. The van der Waals surface area contributed by atoms with Crippen molar-refractivity contribution in [3.05, 3.63) is 0 Å². The molecule has 0 aromatic rings. The van der Waals surface area contributed by atoms with Crippen LogP contribution < -0.4 is 5.73 Å². The summed E-state index contributed by atoms with van der Waals surface area (Å²) in [6, 6.07) is 0. The van der Waals surface area contributed by atoms with Crippen molar-refractivity contribution in [3.8, 4) is 0 Å². The zero-order chi connectivity index (χ0) is 10.0. The molecule has 0 saturated carbocycles. The van der Waals surface area contributed by atoms with Crippen molar-refractivity contribution in [2.45, 2.75) is 44.2 Å². The lowest BCUT2D eigenvalue weighted by molar-refractivity contribution is -0.217. The molecule has 2 N–H and O–H groups in total. The Kier molecular flexibility index (Phi) is 3.07. The predicted molar refractivity (Wildman–Crippen MR) is 51.9 cm³/mol. The molecule has 4 heteroatoms. The van der Waals surface area contributed by atoms with Gasteiger partial charge in [-0.25, -0.2) is 0 Å². The van der Waals surface area contributed by atoms with Crippen LogP contribution in [0.5, 0.6) is 0 Å². The van der Waals surface area contributed by atoms with Crippen LogP contribution in [0.25, 0.3) is 0 Å². The Balaban J connectivity index is 1.90. The maximum Gasteiger partial charge on any atom is 0.192 e. The minimum absolute atomic E-state index is 0.102. The Bertz CT molecular complexity index is 194. The predicted octanol–water partition coefficient (Wildman–Crippen LogP) is 0.646. The summed E-state index contributed by atoms with van der Waals surface area (Å²) in [5.41, 5.74) is 5.48. The molecule has 0 aromatic heterocycles. The van der Waals surface area contributed by atoms with Gasteiger partial charge < -0.3 is 19.9 Å². The highest BCUT2D eigenvalue weighted by Gasteiger charge is 2.45. The highest BCUT2D eigenvalue weighted by atomic mass is 16.8. The van der Waals surface area contributed by atoms with Gasteiger partial charge >= 0.3 is 0 Å². The van der Waals surface area contributed by atoms with Crippen LogP contribution in [0.2, 0.25) is 0 Å². The first-order valence-electron chi connectivity index (χ1n) is 5.38. The van der Waals surface area contributed by atoms with E-state index in [1.54, 1.807) is 0 Å². The summed E-state index contributed by atoms with van der Waals surface area (Å²) < 4.78 is 17.1. The molecule has 2 aliphatic heterocycles. The van der Waals surface area contributed by atoms with Gasteiger partial charge in [0.2, 0.25) is 0 Å². The van der Waals surface area contributed by atoms with Crippen LogP contribution in [0, 0.1) is 0 Å². The minimum atomic E-state index is -0.531. The van der Waals surface area contributed by atoms with E-state index in [0.29, 0.717) is 13.2 Å². The first-order chi connectivity index (χ1) is 6.74. The summed E-state index contributed by atoms with van der Waals surface area (Å²) in [7, 11) is 0. The van der Waals surface area contributed by atoms with Gasteiger partial charge in [0.1, 0.15) is 6.10 Å². The average Bonchev–Trinajstić information content (AvgIpc) is 2.75. The van der Waals surface area contributed by atoms with Crippen LogP contribution >= 0.6 is 0 Å². The van der Waals surface area contributed by atoms with E-state index < -0.39 is 5.79 Å². The molecule has 2 fully saturated rings. The summed E-state index contributed by atoms with van der Waals surface area (Å²) >= 11 is 0. The monoisotopic (exact) mass is 201 g/mol. The third-order valence-electron chi connectivity index (χ3n) is 2.96. The lowest BCUT2D eigenvalue weighted by Crippen LogP contribution is -2.40. The molecule has 0 aliphatic carbocycles. The summed E-state index contributed by atoms with van der Waals surface area (Å²) in [6.45, 7) is 4.09. The molecule has 0 spiro atoms. The van der Waals surface area contributed by atoms with Crippen molar-refractivity contribution in [2.75, 3.05) is 19.8 Å². The van der Waals surface area contributed by atoms with Crippen LogP contribution in [-0.4, -0.2) is 37.8 Å². The van der Waals surface area contributed by atoms with Crippen molar-refractivity contribution >= 4 is 0 Å². The maximum absolute atomic E-state index is 5.85. The summed E-state index contributed by atoms with van der Waals surface area (Å²) in [5, 5.41) is 0. The first kappa shape index (κ1) is 10.4. The molecule has 0 bridgehead atoms. The largest absolute Gasteiger partial charge is 0.373 e. The van der Waals surface area contributed by atoms with E-state index in [1.165, 1.54) is 0 Å². The molecule has 14 heavy (non-hydrogen) atoms. The fraction of sp³-hybridized carbons (Fsp3) is 1.00. The van der Waals surface area contributed by atoms with Crippen molar-refractivity contribution in [2.24, 2.45) is 5.73 Å². The van der Waals surface area contributed by atoms with Gasteiger partial charge in [0.05, 0.1) is 12.7 Å². The Morgan fingerprint density at radius 1 is 1.50 bits per heavy atom. The molecule has 0 aromatic carbocycles. The van der Waals surface area contributed by atoms with E-state index >= 15 is 0 Å². The van der Waals surface area contributed by atoms with Crippen LogP contribution in [-0.2, 0) is 14.2 Å². The molecular weight excluding hydrogens is 182 g/mol. The van der Waals surface area contributed by atoms with Gasteiger partial charge in [-0.3, -0.25) is 0 Å².